The first-order chi connectivity index (χ1) is 10.7. The number of rotatable bonds is 8. The van der Waals surface area contributed by atoms with Crippen molar-refractivity contribution in [2.24, 2.45) is 0 Å². The van der Waals surface area contributed by atoms with Crippen LogP contribution < -0.4 is 10.1 Å². The molecule has 0 aliphatic rings. The molecule has 0 radical (unpaired) electrons. The van der Waals surface area contributed by atoms with Gasteiger partial charge in [-0.25, -0.2) is 4.39 Å². The Morgan fingerprint density at radius 2 is 1.95 bits per heavy atom. The van der Waals surface area contributed by atoms with Gasteiger partial charge in [-0.2, -0.15) is 0 Å². The summed E-state index contributed by atoms with van der Waals surface area (Å²) in [6.07, 6.45) is 0. The van der Waals surface area contributed by atoms with Crippen LogP contribution in [0.1, 0.15) is 11.1 Å². The summed E-state index contributed by atoms with van der Waals surface area (Å²) < 4.78 is 24.5. The summed E-state index contributed by atoms with van der Waals surface area (Å²) in [5.74, 6) is 0.356. The van der Waals surface area contributed by atoms with Gasteiger partial charge in [0, 0.05) is 31.3 Å². The van der Waals surface area contributed by atoms with Gasteiger partial charge in [0.05, 0.1) is 11.6 Å². The fourth-order valence-electron chi connectivity index (χ4n) is 2.01. The summed E-state index contributed by atoms with van der Waals surface area (Å²) in [5, 5.41) is 3.63. The zero-order chi connectivity index (χ0) is 15.8. The van der Waals surface area contributed by atoms with Crippen molar-refractivity contribution >= 4 is 11.6 Å². The van der Waals surface area contributed by atoms with Crippen LogP contribution >= 0.6 is 11.6 Å². The van der Waals surface area contributed by atoms with Gasteiger partial charge in [0.2, 0.25) is 0 Å². The number of methoxy groups -OCH3 is 1. The monoisotopic (exact) mass is 323 g/mol. The standard InChI is InChI=1S/C17H19ClFNO2/c1-21-10-9-20-11-13-5-2-3-8-17(13)22-12-14-15(18)6-4-7-16(14)19/h2-8,20H,9-12H2,1H3. The molecule has 0 saturated carbocycles. The molecule has 118 valence electrons. The maximum absolute atomic E-state index is 13.8. The molecule has 0 unspecified atom stereocenters. The second kappa shape index (κ2) is 8.73. The molecule has 1 N–H and O–H groups in total. The van der Waals surface area contributed by atoms with Crippen LogP contribution in [0.25, 0.3) is 0 Å². The lowest BCUT2D eigenvalue weighted by Gasteiger charge is -2.13. The van der Waals surface area contributed by atoms with Gasteiger partial charge in [0.1, 0.15) is 18.2 Å². The van der Waals surface area contributed by atoms with Crippen LogP contribution in [0.5, 0.6) is 5.75 Å². The van der Waals surface area contributed by atoms with E-state index in [4.69, 9.17) is 21.1 Å². The quantitative estimate of drug-likeness (QED) is 0.750. The molecule has 0 fully saturated rings. The van der Waals surface area contributed by atoms with Crippen molar-refractivity contribution in [2.45, 2.75) is 13.2 Å². The van der Waals surface area contributed by atoms with Crippen molar-refractivity contribution in [1.82, 2.24) is 5.32 Å². The minimum atomic E-state index is -0.358. The van der Waals surface area contributed by atoms with Crippen LogP contribution in [0.2, 0.25) is 5.02 Å². The van der Waals surface area contributed by atoms with E-state index in [1.54, 1.807) is 19.2 Å². The molecule has 2 aromatic rings. The summed E-state index contributed by atoms with van der Waals surface area (Å²) in [6, 6.07) is 12.3. The van der Waals surface area contributed by atoms with Gasteiger partial charge < -0.3 is 14.8 Å². The number of hydrogen-bond acceptors (Lipinski definition) is 3. The molecular weight excluding hydrogens is 305 g/mol. The smallest absolute Gasteiger partial charge is 0.131 e. The normalized spacial score (nSPS) is 10.7. The van der Waals surface area contributed by atoms with Gasteiger partial charge in [-0.15, -0.1) is 0 Å². The number of halogens is 2. The van der Waals surface area contributed by atoms with Crippen molar-refractivity contribution in [3.8, 4) is 5.75 Å². The van der Waals surface area contributed by atoms with E-state index in [0.717, 1.165) is 12.1 Å². The SMILES string of the molecule is COCCNCc1ccccc1OCc1c(F)cccc1Cl. The van der Waals surface area contributed by atoms with Crippen LogP contribution in [0.15, 0.2) is 42.5 Å². The largest absolute Gasteiger partial charge is 0.488 e. The highest BCUT2D eigenvalue weighted by Crippen LogP contribution is 2.23. The minimum Gasteiger partial charge on any atom is -0.488 e. The molecule has 0 aliphatic carbocycles. The average molecular weight is 324 g/mol. The summed E-state index contributed by atoms with van der Waals surface area (Å²) >= 11 is 6.01. The molecule has 0 aromatic heterocycles. The highest BCUT2D eigenvalue weighted by molar-refractivity contribution is 6.31. The fourth-order valence-corrected chi connectivity index (χ4v) is 2.23. The van der Waals surface area contributed by atoms with Crippen molar-refractivity contribution in [1.29, 1.82) is 0 Å². The molecule has 0 bridgehead atoms. The minimum absolute atomic E-state index is 0.0978. The van der Waals surface area contributed by atoms with Crippen molar-refractivity contribution in [3.05, 3.63) is 64.4 Å². The van der Waals surface area contributed by atoms with E-state index in [1.807, 2.05) is 24.3 Å². The Balaban J connectivity index is 2.00. The maximum atomic E-state index is 13.8. The van der Waals surface area contributed by atoms with Gasteiger partial charge in [-0.3, -0.25) is 0 Å². The van der Waals surface area contributed by atoms with Crippen LogP contribution in [0, 0.1) is 5.82 Å². The second-order valence-corrected chi connectivity index (χ2v) is 5.17. The van der Waals surface area contributed by atoms with E-state index in [9.17, 15) is 4.39 Å². The zero-order valence-electron chi connectivity index (χ0n) is 12.4. The van der Waals surface area contributed by atoms with E-state index >= 15 is 0 Å². The highest BCUT2D eigenvalue weighted by atomic mass is 35.5. The van der Waals surface area contributed by atoms with Gasteiger partial charge in [-0.1, -0.05) is 35.9 Å². The summed E-state index contributed by atoms with van der Waals surface area (Å²) in [7, 11) is 1.66. The Morgan fingerprint density at radius 3 is 2.73 bits per heavy atom. The number of para-hydroxylation sites is 1. The van der Waals surface area contributed by atoms with Crippen molar-refractivity contribution < 1.29 is 13.9 Å². The Hall–Kier alpha value is -1.62. The summed E-state index contributed by atoms with van der Waals surface area (Å²) in [6.45, 7) is 2.16. The number of benzene rings is 2. The van der Waals surface area contributed by atoms with E-state index < -0.39 is 0 Å². The van der Waals surface area contributed by atoms with Crippen molar-refractivity contribution in [3.63, 3.8) is 0 Å². The number of nitrogens with one attached hydrogen (secondary N) is 1. The third-order valence-electron chi connectivity index (χ3n) is 3.20. The first kappa shape index (κ1) is 16.7. The molecule has 22 heavy (non-hydrogen) atoms. The molecule has 0 aliphatic heterocycles. The molecular formula is C17H19ClFNO2. The van der Waals surface area contributed by atoms with Crippen molar-refractivity contribution in [2.75, 3.05) is 20.3 Å². The lowest BCUT2D eigenvalue weighted by Crippen LogP contribution is -2.19. The van der Waals surface area contributed by atoms with E-state index in [-0.39, 0.29) is 12.4 Å². The molecule has 0 spiro atoms. The first-order valence-electron chi connectivity index (χ1n) is 7.05. The molecule has 0 atom stereocenters. The third kappa shape index (κ3) is 4.70. The first-order valence-corrected chi connectivity index (χ1v) is 7.43. The Kier molecular flexibility index (Phi) is 6.65. The second-order valence-electron chi connectivity index (χ2n) is 4.77. The summed E-state index contributed by atoms with van der Waals surface area (Å²) in [5.41, 5.74) is 1.37. The molecule has 5 heteroatoms. The lowest BCUT2D eigenvalue weighted by molar-refractivity contribution is 0.199. The predicted molar refractivity (Wildman–Crippen MR) is 85.8 cm³/mol. The topological polar surface area (TPSA) is 30.5 Å². The van der Waals surface area contributed by atoms with Crippen LogP contribution in [-0.4, -0.2) is 20.3 Å². The van der Waals surface area contributed by atoms with Gasteiger partial charge >= 0.3 is 0 Å². The number of hydrogen-bond donors (Lipinski definition) is 1. The fraction of sp³-hybridized carbons (Fsp3) is 0.294. The van der Waals surface area contributed by atoms with Crippen LogP contribution in [0.4, 0.5) is 4.39 Å². The van der Waals surface area contributed by atoms with E-state index in [0.29, 0.717) is 29.5 Å². The Morgan fingerprint density at radius 1 is 1.14 bits per heavy atom. The number of ether oxygens (including phenoxy) is 2. The lowest BCUT2D eigenvalue weighted by atomic mass is 10.2. The molecule has 0 heterocycles. The van der Waals surface area contributed by atoms with Gasteiger partial charge in [0.15, 0.2) is 0 Å². The zero-order valence-corrected chi connectivity index (χ0v) is 13.2. The molecule has 0 amide bonds. The summed E-state index contributed by atoms with van der Waals surface area (Å²) in [4.78, 5) is 0. The van der Waals surface area contributed by atoms with Crippen LogP contribution in [-0.2, 0) is 17.9 Å². The van der Waals surface area contributed by atoms with E-state index in [2.05, 4.69) is 5.32 Å². The molecule has 2 rings (SSSR count). The molecule has 3 nitrogen and oxygen atoms in total. The highest BCUT2D eigenvalue weighted by Gasteiger charge is 2.09. The van der Waals surface area contributed by atoms with Gasteiger partial charge in [0.25, 0.3) is 0 Å². The van der Waals surface area contributed by atoms with Gasteiger partial charge in [-0.05, 0) is 18.2 Å². The third-order valence-corrected chi connectivity index (χ3v) is 3.56. The maximum Gasteiger partial charge on any atom is 0.131 e. The Bertz CT molecular complexity index is 587. The molecule has 0 saturated heterocycles. The van der Waals surface area contributed by atoms with E-state index in [1.165, 1.54) is 6.07 Å². The predicted octanol–water partition coefficient (Wildman–Crippen LogP) is 3.79. The van der Waals surface area contributed by atoms with Crippen LogP contribution in [0.3, 0.4) is 0 Å². The average Bonchev–Trinajstić information content (AvgIpc) is 2.52. The molecule has 2 aromatic carbocycles. The Labute approximate surface area is 135 Å².